The molecule has 1 unspecified atom stereocenters. The van der Waals surface area contributed by atoms with Gasteiger partial charge in [0.05, 0.1) is 0 Å². The first-order valence-electron chi connectivity index (χ1n) is 8.59. The number of hydrogen-bond acceptors (Lipinski definition) is 3. The number of carbonyl (C=O) groups is 3. The Morgan fingerprint density at radius 2 is 1.96 bits per heavy atom. The van der Waals surface area contributed by atoms with Crippen molar-refractivity contribution in [3.05, 3.63) is 24.3 Å². The van der Waals surface area contributed by atoms with E-state index >= 15 is 0 Å². The number of rotatable bonds is 6. The fraction of sp³-hybridized carbons (Fsp3) is 0.500. The molecule has 7 heteroatoms. The fourth-order valence-corrected chi connectivity index (χ4v) is 3.22. The third kappa shape index (κ3) is 4.71. The van der Waals surface area contributed by atoms with Crippen LogP contribution in [0, 0.1) is 11.8 Å². The van der Waals surface area contributed by atoms with Crippen LogP contribution in [0.25, 0.3) is 0 Å². The van der Waals surface area contributed by atoms with Gasteiger partial charge in [0.2, 0.25) is 5.91 Å². The van der Waals surface area contributed by atoms with Gasteiger partial charge in [-0.15, -0.1) is 0 Å². The van der Waals surface area contributed by atoms with E-state index in [2.05, 4.69) is 10.6 Å². The van der Waals surface area contributed by atoms with E-state index in [0.717, 1.165) is 25.7 Å². The minimum absolute atomic E-state index is 0.112. The molecule has 1 aromatic rings. The van der Waals surface area contributed by atoms with Crippen molar-refractivity contribution in [1.29, 1.82) is 0 Å². The lowest BCUT2D eigenvalue weighted by Crippen LogP contribution is -2.37. The van der Waals surface area contributed by atoms with E-state index in [1.54, 1.807) is 31.3 Å². The summed E-state index contributed by atoms with van der Waals surface area (Å²) in [5.41, 5.74) is 1.08. The smallest absolute Gasteiger partial charge is 0.321 e. The Hall–Kier alpha value is -2.57. The molecule has 1 aliphatic rings. The van der Waals surface area contributed by atoms with Crippen LogP contribution < -0.4 is 15.5 Å². The first kappa shape index (κ1) is 18.8. The molecule has 0 heterocycles. The van der Waals surface area contributed by atoms with Crippen molar-refractivity contribution in [2.24, 2.45) is 11.8 Å². The van der Waals surface area contributed by atoms with Crippen molar-refractivity contribution < 1.29 is 19.5 Å². The zero-order chi connectivity index (χ0) is 18.4. The molecule has 25 heavy (non-hydrogen) atoms. The highest BCUT2D eigenvalue weighted by atomic mass is 16.4. The summed E-state index contributed by atoms with van der Waals surface area (Å²) >= 11 is 0. The molecule has 1 atom stereocenters. The van der Waals surface area contributed by atoms with E-state index in [0.29, 0.717) is 17.9 Å². The summed E-state index contributed by atoms with van der Waals surface area (Å²) < 4.78 is 0. The number of hydrogen-bond donors (Lipinski definition) is 3. The van der Waals surface area contributed by atoms with Crippen LogP contribution >= 0.6 is 0 Å². The summed E-state index contributed by atoms with van der Waals surface area (Å²) in [6.07, 6.45) is 3.47. The Kier molecular flexibility index (Phi) is 6.38. The summed E-state index contributed by atoms with van der Waals surface area (Å²) in [4.78, 5) is 37.3. The predicted molar refractivity (Wildman–Crippen MR) is 95.6 cm³/mol. The van der Waals surface area contributed by atoms with Gasteiger partial charge in [-0.3, -0.25) is 14.5 Å². The van der Waals surface area contributed by atoms with Gasteiger partial charge in [0.25, 0.3) is 0 Å². The standard InChI is InChI=1S/C18H25N3O4/c1-3-19-18(25)21(2)14-10-6-9-13(11-14)20-16(22)15(17(23)24)12-7-4-5-8-12/h6,9-12,15H,3-5,7-8H2,1-2H3,(H,19,25)(H,20,22)(H,23,24). The third-order valence-electron chi connectivity index (χ3n) is 4.55. The summed E-state index contributed by atoms with van der Waals surface area (Å²) in [6.45, 7) is 2.35. The number of carboxylic acids is 1. The predicted octanol–water partition coefficient (Wildman–Crippen LogP) is 2.68. The second-order valence-electron chi connectivity index (χ2n) is 6.29. The van der Waals surface area contributed by atoms with Crippen molar-refractivity contribution in [1.82, 2.24) is 5.32 Å². The number of carboxylic acid groups (broad SMARTS) is 1. The van der Waals surface area contributed by atoms with Crippen molar-refractivity contribution in [2.45, 2.75) is 32.6 Å². The molecule has 2 rings (SSSR count). The fourth-order valence-electron chi connectivity index (χ4n) is 3.22. The second-order valence-corrected chi connectivity index (χ2v) is 6.29. The van der Waals surface area contributed by atoms with Gasteiger partial charge in [0.15, 0.2) is 0 Å². The minimum atomic E-state index is -1.08. The van der Waals surface area contributed by atoms with Gasteiger partial charge >= 0.3 is 12.0 Å². The molecule has 3 N–H and O–H groups in total. The molecule has 1 fully saturated rings. The van der Waals surface area contributed by atoms with Crippen LogP contribution in [0.2, 0.25) is 0 Å². The Morgan fingerprint density at radius 3 is 2.56 bits per heavy atom. The molecule has 0 bridgehead atoms. The van der Waals surface area contributed by atoms with Gasteiger partial charge in [-0.25, -0.2) is 4.79 Å². The van der Waals surface area contributed by atoms with E-state index < -0.39 is 17.8 Å². The molecule has 3 amide bonds. The molecular weight excluding hydrogens is 322 g/mol. The molecule has 0 aromatic heterocycles. The van der Waals surface area contributed by atoms with Gasteiger partial charge < -0.3 is 15.7 Å². The Bertz CT molecular complexity index is 641. The van der Waals surface area contributed by atoms with Crippen molar-refractivity contribution in [3.8, 4) is 0 Å². The summed E-state index contributed by atoms with van der Waals surface area (Å²) in [6, 6.07) is 6.55. The summed E-state index contributed by atoms with van der Waals surface area (Å²) in [5.74, 6) is -2.73. The van der Waals surface area contributed by atoms with Crippen molar-refractivity contribution in [3.63, 3.8) is 0 Å². The normalized spacial score (nSPS) is 15.4. The van der Waals surface area contributed by atoms with Gasteiger partial charge in [-0.1, -0.05) is 18.9 Å². The maximum Gasteiger partial charge on any atom is 0.321 e. The SMILES string of the molecule is CCNC(=O)N(C)c1cccc(NC(=O)C(C(=O)O)C2CCCC2)c1. The maximum absolute atomic E-state index is 12.5. The van der Waals surface area contributed by atoms with E-state index in [9.17, 15) is 19.5 Å². The van der Waals surface area contributed by atoms with Gasteiger partial charge in [0, 0.05) is 25.0 Å². The average Bonchev–Trinajstić information content (AvgIpc) is 3.08. The largest absolute Gasteiger partial charge is 0.481 e. The molecule has 1 aromatic carbocycles. The lowest BCUT2D eigenvalue weighted by molar-refractivity contribution is -0.147. The number of nitrogens with one attached hydrogen (secondary N) is 2. The van der Waals surface area contributed by atoms with Crippen LogP contribution in [-0.2, 0) is 9.59 Å². The number of anilines is 2. The topological polar surface area (TPSA) is 98.7 Å². The van der Waals surface area contributed by atoms with Crippen LogP contribution in [0.5, 0.6) is 0 Å². The Balaban J connectivity index is 2.11. The maximum atomic E-state index is 12.5. The summed E-state index contributed by atoms with van der Waals surface area (Å²) in [7, 11) is 1.63. The monoisotopic (exact) mass is 347 g/mol. The zero-order valence-corrected chi connectivity index (χ0v) is 14.6. The second kappa shape index (κ2) is 8.50. The molecule has 0 aliphatic heterocycles. The van der Waals surface area contributed by atoms with E-state index in [1.165, 1.54) is 4.90 Å². The number of aliphatic carboxylic acids is 1. The van der Waals surface area contributed by atoms with Gasteiger partial charge in [-0.05, 0) is 43.9 Å². The van der Waals surface area contributed by atoms with Crippen LogP contribution in [0.15, 0.2) is 24.3 Å². The lowest BCUT2D eigenvalue weighted by atomic mass is 9.90. The van der Waals surface area contributed by atoms with E-state index in [4.69, 9.17) is 0 Å². The van der Waals surface area contributed by atoms with E-state index in [-0.39, 0.29) is 11.9 Å². The number of urea groups is 1. The summed E-state index contributed by atoms with van der Waals surface area (Å²) in [5, 5.41) is 14.8. The molecule has 7 nitrogen and oxygen atoms in total. The Morgan fingerprint density at radius 1 is 1.28 bits per heavy atom. The van der Waals surface area contributed by atoms with Gasteiger partial charge in [0.1, 0.15) is 5.92 Å². The zero-order valence-electron chi connectivity index (χ0n) is 14.6. The third-order valence-corrected chi connectivity index (χ3v) is 4.55. The van der Waals surface area contributed by atoms with Crippen molar-refractivity contribution >= 4 is 29.3 Å². The molecule has 1 saturated carbocycles. The van der Waals surface area contributed by atoms with E-state index in [1.807, 2.05) is 6.92 Å². The first-order chi connectivity index (χ1) is 11.9. The quantitative estimate of drug-likeness (QED) is 0.689. The average molecular weight is 347 g/mol. The van der Waals surface area contributed by atoms with Crippen LogP contribution in [0.3, 0.4) is 0 Å². The van der Waals surface area contributed by atoms with Crippen LogP contribution in [0.1, 0.15) is 32.6 Å². The van der Waals surface area contributed by atoms with Gasteiger partial charge in [-0.2, -0.15) is 0 Å². The highest BCUT2D eigenvalue weighted by Crippen LogP contribution is 2.32. The molecule has 0 spiro atoms. The highest BCUT2D eigenvalue weighted by molar-refractivity contribution is 6.05. The van der Waals surface area contributed by atoms with Crippen LogP contribution in [0.4, 0.5) is 16.2 Å². The first-order valence-corrected chi connectivity index (χ1v) is 8.59. The molecule has 1 aliphatic carbocycles. The molecule has 0 radical (unpaired) electrons. The molecular formula is C18H25N3O4. The number of amides is 3. The molecule has 0 saturated heterocycles. The number of carbonyl (C=O) groups excluding carboxylic acids is 2. The van der Waals surface area contributed by atoms with Crippen LogP contribution in [-0.4, -0.2) is 36.6 Å². The van der Waals surface area contributed by atoms with Crippen molar-refractivity contribution in [2.75, 3.05) is 23.8 Å². The minimum Gasteiger partial charge on any atom is -0.481 e. The highest BCUT2D eigenvalue weighted by Gasteiger charge is 2.36. The Labute approximate surface area is 147 Å². The number of benzene rings is 1. The number of nitrogens with zero attached hydrogens (tertiary/aromatic N) is 1. The molecule has 136 valence electrons. The lowest BCUT2D eigenvalue weighted by Gasteiger charge is -2.20.